The van der Waals surface area contributed by atoms with Gasteiger partial charge in [0.1, 0.15) is 40.4 Å². The first-order valence-corrected chi connectivity index (χ1v) is 9.89. The maximum absolute atomic E-state index is 9.52. The summed E-state index contributed by atoms with van der Waals surface area (Å²) in [6.45, 7) is 1.91. The van der Waals surface area contributed by atoms with Crippen molar-refractivity contribution in [1.29, 1.82) is 21.0 Å². The number of benzene rings is 1. The number of hydrogen-bond donors (Lipinski definition) is 0. The number of hydrogen-bond acceptors (Lipinski definition) is 8. The van der Waals surface area contributed by atoms with Crippen molar-refractivity contribution >= 4 is 49.6 Å². The lowest BCUT2D eigenvalue weighted by molar-refractivity contribution is 1.36. The van der Waals surface area contributed by atoms with Crippen molar-refractivity contribution in [3.8, 4) is 24.3 Å². The molecule has 0 N–H and O–H groups in total. The third-order valence-corrected chi connectivity index (χ3v) is 6.21. The van der Waals surface area contributed by atoms with Crippen LogP contribution < -0.4 is 0 Å². The van der Waals surface area contributed by atoms with Gasteiger partial charge in [0, 0.05) is 11.1 Å². The summed E-state index contributed by atoms with van der Waals surface area (Å²) < 4.78 is 0. The fourth-order valence-electron chi connectivity index (χ4n) is 3.23. The van der Waals surface area contributed by atoms with E-state index in [2.05, 4.69) is 9.97 Å². The SMILES string of the molecule is Cc1nc2sc(C=C3C(=C(C#N)C#N)c4ccccc4C3=C(C#N)C#N)nc2s1. The van der Waals surface area contributed by atoms with E-state index in [0.717, 1.165) is 14.7 Å². The Balaban J connectivity index is 2.09. The smallest absolute Gasteiger partial charge is 0.155 e. The van der Waals surface area contributed by atoms with E-state index in [0.29, 0.717) is 32.9 Å². The monoisotopic (exact) mass is 408 g/mol. The van der Waals surface area contributed by atoms with E-state index < -0.39 is 0 Å². The van der Waals surface area contributed by atoms with Crippen LogP contribution in [0.2, 0.25) is 0 Å². The molecule has 0 radical (unpaired) electrons. The highest BCUT2D eigenvalue weighted by Crippen LogP contribution is 2.48. The van der Waals surface area contributed by atoms with E-state index in [1.165, 1.54) is 22.7 Å². The highest BCUT2D eigenvalue weighted by Gasteiger charge is 2.32. The topological polar surface area (TPSA) is 121 Å². The second-order valence-electron chi connectivity index (χ2n) is 5.95. The van der Waals surface area contributed by atoms with Gasteiger partial charge in [0.15, 0.2) is 9.66 Å². The van der Waals surface area contributed by atoms with E-state index >= 15 is 0 Å². The summed E-state index contributed by atoms with van der Waals surface area (Å²) in [6.07, 6.45) is 1.72. The van der Waals surface area contributed by atoms with Gasteiger partial charge >= 0.3 is 0 Å². The van der Waals surface area contributed by atoms with Crippen molar-refractivity contribution in [3.63, 3.8) is 0 Å². The molecule has 0 unspecified atom stereocenters. The molecule has 1 aliphatic rings. The quantitative estimate of drug-likeness (QED) is 0.535. The van der Waals surface area contributed by atoms with Crippen molar-refractivity contribution in [2.75, 3.05) is 0 Å². The lowest BCUT2D eigenvalue weighted by Gasteiger charge is -2.04. The number of aryl methyl sites for hydroxylation is 1. The number of nitriles is 4. The van der Waals surface area contributed by atoms with Crippen LogP contribution in [0, 0.1) is 52.2 Å². The number of thiazole rings is 2. The van der Waals surface area contributed by atoms with Gasteiger partial charge in [-0.25, -0.2) is 9.97 Å². The molecule has 1 aliphatic carbocycles. The second kappa shape index (κ2) is 7.15. The number of aromatic nitrogens is 2. The highest BCUT2D eigenvalue weighted by atomic mass is 32.1. The van der Waals surface area contributed by atoms with E-state index in [1.807, 2.05) is 31.2 Å². The van der Waals surface area contributed by atoms with Crippen LogP contribution in [0.25, 0.3) is 26.9 Å². The first-order valence-electron chi connectivity index (χ1n) is 8.26. The summed E-state index contributed by atoms with van der Waals surface area (Å²) >= 11 is 2.85. The van der Waals surface area contributed by atoms with Gasteiger partial charge < -0.3 is 0 Å². The third kappa shape index (κ3) is 2.90. The van der Waals surface area contributed by atoms with Gasteiger partial charge in [0.25, 0.3) is 0 Å². The van der Waals surface area contributed by atoms with Crippen LogP contribution in [0.15, 0.2) is 41.0 Å². The van der Waals surface area contributed by atoms with Crippen LogP contribution >= 0.6 is 22.7 Å². The molecule has 0 saturated heterocycles. The summed E-state index contributed by atoms with van der Waals surface area (Å²) in [5.41, 5.74) is 2.41. The summed E-state index contributed by atoms with van der Waals surface area (Å²) in [5.74, 6) is 0. The van der Waals surface area contributed by atoms with Crippen LogP contribution in [0.1, 0.15) is 21.1 Å². The average Bonchev–Trinajstić information content (AvgIpc) is 3.35. The standard InChI is InChI=1S/C21H8N6S2/c1-11-26-20-21(28-11)27-17(29-20)6-16-18(12(7-22)8-23)14-4-2-3-5-15(14)19(16)13(9-24)10-25/h2-6H,1H3. The molecule has 0 bridgehead atoms. The Kier molecular flexibility index (Phi) is 4.51. The lowest BCUT2D eigenvalue weighted by atomic mass is 9.96. The number of fused-ring (bicyclic) bond motifs is 2. The Bertz CT molecular complexity index is 1320. The zero-order chi connectivity index (χ0) is 20.5. The van der Waals surface area contributed by atoms with Crippen molar-refractivity contribution in [1.82, 2.24) is 9.97 Å². The highest BCUT2D eigenvalue weighted by molar-refractivity contribution is 7.26. The van der Waals surface area contributed by atoms with Crippen LogP contribution in [0.4, 0.5) is 0 Å². The maximum atomic E-state index is 9.52. The minimum absolute atomic E-state index is 0.0822. The molecular formula is C21H8N6S2. The van der Waals surface area contributed by atoms with E-state index in [4.69, 9.17) is 0 Å². The lowest BCUT2D eigenvalue weighted by Crippen LogP contribution is -1.89. The Morgan fingerprint density at radius 3 is 1.83 bits per heavy atom. The van der Waals surface area contributed by atoms with E-state index in [-0.39, 0.29) is 11.1 Å². The fourth-order valence-corrected chi connectivity index (χ4v) is 5.12. The molecular weight excluding hydrogens is 400 g/mol. The average molecular weight is 408 g/mol. The molecule has 0 atom stereocenters. The molecule has 29 heavy (non-hydrogen) atoms. The largest absolute Gasteiger partial charge is 0.229 e. The predicted molar refractivity (Wildman–Crippen MR) is 111 cm³/mol. The molecule has 0 amide bonds. The van der Waals surface area contributed by atoms with Crippen LogP contribution in [0.5, 0.6) is 0 Å². The van der Waals surface area contributed by atoms with Crippen molar-refractivity contribution in [2.24, 2.45) is 0 Å². The van der Waals surface area contributed by atoms with Crippen molar-refractivity contribution < 1.29 is 0 Å². The Hall–Kier alpha value is -4.08. The molecule has 0 saturated carbocycles. The van der Waals surface area contributed by atoms with Crippen LogP contribution in [-0.4, -0.2) is 9.97 Å². The first-order chi connectivity index (χ1) is 14.1. The minimum atomic E-state index is -0.0822. The van der Waals surface area contributed by atoms with Crippen molar-refractivity contribution in [3.05, 3.63) is 62.1 Å². The van der Waals surface area contributed by atoms with Gasteiger partial charge in [-0.05, 0) is 29.7 Å². The predicted octanol–water partition coefficient (Wildman–Crippen LogP) is 4.76. The molecule has 4 rings (SSSR count). The minimum Gasteiger partial charge on any atom is -0.229 e. The Morgan fingerprint density at radius 2 is 1.34 bits per heavy atom. The van der Waals surface area contributed by atoms with Crippen LogP contribution in [-0.2, 0) is 0 Å². The second-order valence-corrected chi connectivity index (χ2v) is 8.14. The molecule has 2 aromatic heterocycles. The molecule has 6 nitrogen and oxygen atoms in total. The molecule has 2 heterocycles. The number of allylic oxidation sites excluding steroid dienone is 5. The fraction of sp³-hybridized carbons (Fsp3) is 0.0476. The van der Waals surface area contributed by atoms with E-state index in [9.17, 15) is 21.0 Å². The molecule has 0 spiro atoms. The molecule has 0 fully saturated rings. The number of nitrogens with zero attached hydrogens (tertiary/aromatic N) is 6. The van der Waals surface area contributed by atoms with Gasteiger partial charge in [-0.1, -0.05) is 46.9 Å². The van der Waals surface area contributed by atoms with Gasteiger partial charge in [0.05, 0.1) is 5.01 Å². The zero-order valence-corrected chi connectivity index (χ0v) is 16.5. The molecule has 1 aromatic carbocycles. The zero-order valence-electron chi connectivity index (χ0n) is 14.9. The Labute approximate surface area is 173 Å². The molecule has 134 valence electrons. The van der Waals surface area contributed by atoms with Gasteiger partial charge in [-0.3, -0.25) is 0 Å². The van der Waals surface area contributed by atoms with Crippen molar-refractivity contribution in [2.45, 2.75) is 6.92 Å². The molecule has 3 aromatic rings. The number of rotatable bonds is 1. The van der Waals surface area contributed by atoms with Gasteiger partial charge in [-0.2, -0.15) is 21.0 Å². The summed E-state index contributed by atoms with van der Waals surface area (Å²) in [7, 11) is 0. The summed E-state index contributed by atoms with van der Waals surface area (Å²) in [5, 5.41) is 39.6. The van der Waals surface area contributed by atoms with Crippen LogP contribution in [0.3, 0.4) is 0 Å². The molecule has 0 aliphatic heterocycles. The van der Waals surface area contributed by atoms with Gasteiger partial charge in [0.2, 0.25) is 0 Å². The van der Waals surface area contributed by atoms with Gasteiger partial charge in [-0.15, -0.1) is 0 Å². The van der Waals surface area contributed by atoms with E-state index in [1.54, 1.807) is 30.3 Å². The normalized spacial score (nSPS) is 12.0. The Morgan fingerprint density at radius 1 is 0.828 bits per heavy atom. The molecule has 8 heteroatoms. The third-order valence-electron chi connectivity index (χ3n) is 4.32. The first kappa shape index (κ1) is 18.3. The summed E-state index contributed by atoms with van der Waals surface area (Å²) in [4.78, 5) is 10.6. The maximum Gasteiger partial charge on any atom is 0.155 e. The summed E-state index contributed by atoms with van der Waals surface area (Å²) in [6, 6.07) is 14.9.